The van der Waals surface area contributed by atoms with Crippen LogP contribution in [-0.4, -0.2) is 6.10 Å². The maximum absolute atomic E-state index is 5.73. The molecule has 2 aromatic carbocycles. The second-order valence-corrected chi connectivity index (χ2v) is 6.39. The van der Waals surface area contributed by atoms with Gasteiger partial charge in [0.1, 0.15) is 5.75 Å². The van der Waals surface area contributed by atoms with Gasteiger partial charge in [-0.1, -0.05) is 40.2 Å². The highest BCUT2D eigenvalue weighted by molar-refractivity contribution is 9.10. The zero-order chi connectivity index (χ0) is 15.2. The van der Waals surface area contributed by atoms with Crippen LogP contribution in [-0.2, 0) is 6.54 Å². The van der Waals surface area contributed by atoms with Crippen LogP contribution in [0.3, 0.4) is 0 Å². The summed E-state index contributed by atoms with van der Waals surface area (Å²) in [6, 6.07) is 17.0. The SMILES string of the molecule is CC(C)Oc1cccc(CN[C@H](C)c2cccc(Br)c2)c1. The molecule has 0 aromatic heterocycles. The Balaban J connectivity index is 1.96. The molecule has 0 aliphatic carbocycles. The number of rotatable bonds is 6. The third-order valence-electron chi connectivity index (χ3n) is 3.23. The van der Waals surface area contributed by atoms with E-state index in [2.05, 4.69) is 58.5 Å². The first-order chi connectivity index (χ1) is 10.0. The number of benzene rings is 2. The lowest BCUT2D eigenvalue weighted by Gasteiger charge is -2.16. The highest BCUT2D eigenvalue weighted by Gasteiger charge is 2.06. The molecule has 0 unspecified atom stereocenters. The van der Waals surface area contributed by atoms with Crippen LogP contribution in [0.1, 0.15) is 37.9 Å². The summed E-state index contributed by atoms with van der Waals surface area (Å²) in [5.74, 6) is 0.930. The Bertz CT molecular complexity index is 583. The largest absolute Gasteiger partial charge is 0.491 e. The molecule has 2 nitrogen and oxygen atoms in total. The van der Waals surface area contributed by atoms with Gasteiger partial charge >= 0.3 is 0 Å². The van der Waals surface area contributed by atoms with Crippen LogP contribution >= 0.6 is 15.9 Å². The van der Waals surface area contributed by atoms with Crippen LogP contribution in [0, 0.1) is 0 Å². The van der Waals surface area contributed by atoms with Crippen molar-refractivity contribution in [3.8, 4) is 5.75 Å². The molecule has 0 amide bonds. The second kappa shape index (κ2) is 7.62. The molecule has 0 aliphatic rings. The van der Waals surface area contributed by atoms with E-state index in [0.29, 0.717) is 6.04 Å². The Morgan fingerprint density at radius 3 is 2.52 bits per heavy atom. The van der Waals surface area contributed by atoms with Gasteiger partial charge in [0, 0.05) is 17.1 Å². The number of hydrogen-bond donors (Lipinski definition) is 1. The van der Waals surface area contributed by atoms with E-state index in [9.17, 15) is 0 Å². The van der Waals surface area contributed by atoms with Gasteiger partial charge in [0.25, 0.3) is 0 Å². The summed E-state index contributed by atoms with van der Waals surface area (Å²) in [6.07, 6.45) is 0.203. The van der Waals surface area contributed by atoms with E-state index >= 15 is 0 Å². The molecule has 21 heavy (non-hydrogen) atoms. The summed E-state index contributed by atoms with van der Waals surface area (Å²) in [5.41, 5.74) is 2.51. The predicted molar refractivity (Wildman–Crippen MR) is 91.6 cm³/mol. The van der Waals surface area contributed by atoms with Gasteiger partial charge in [-0.3, -0.25) is 0 Å². The van der Waals surface area contributed by atoms with Crippen molar-refractivity contribution in [3.05, 3.63) is 64.1 Å². The van der Waals surface area contributed by atoms with Crippen LogP contribution in [0.5, 0.6) is 5.75 Å². The first kappa shape index (κ1) is 16.1. The number of ether oxygens (including phenoxy) is 1. The van der Waals surface area contributed by atoms with E-state index < -0.39 is 0 Å². The van der Waals surface area contributed by atoms with Gasteiger partial charge in [-0.25, -0.2) is 0 Å². The molecule has 2 rings (SSSR count). The fourth-order valence-electron chi connectivity index (χ4n) is 2.17. The molecular formula is C18H22BrNO. The van der Waals surface area contributed by atoms with Crippen LogP contribution in [0.4, 0.5) is 0 Å². The predicted octanol–water partition coefficient (Wildman–Crippen LogP) is 5.09. The highest BCUT2D eigenvalue weighted by Crippen LogP contribution is 2.19. The lowest BCUT2D eigenvalue weighted by molar-refractivity contribution is 0.242. The van der Waals surface area contributed by atoms with Crippen LogP contribution in [0.2, 0.25) is 0 Å². The Morgan fingerprint density at radius 2 is 1.81 bits per heavy atom. The van der Waals surface area contributed by atoms with Gasteiger partial charge in [0.05, 0.1) is 6.10 Å². The van der Waals surface area contributed by atoms with Crippen molar-refractivity contribution in [2.24, 2.45) is 0 Å². The van der Waals surface area contributed by atoms with E-state index in [4.69, 9.17) is 4.74 Å². The topological polar surface area (TPSA) is 21.3 Å². The first-order valence-electron chi connectivity index (χ1n) is 7.29. The van der Waals surface area contributed by atoms with Gasteiger partial charge in [-0.15, -0.1) is 0 Å². The minimum Gasteiger partial charge on any atom is -0.491 e. The molecule has 3 heteroatoms. The molecule has 0 saturated heterocycles. The molecule has 0 aliphatic heterocycles. The van der Waals surface area contributed by atoms with E-state index in [1.54, 1.807) is 0 Å². The second-order valence-electron chi connectivity index (χ2n) is 5.47. The number of hydrogen-bond acceptors (Lipinski definition) is 2. The molecule has 0 spiro atoms. The molecule has 112 valence electrons. The maximum Gasteiger partial charge on any atom is 0.120 e. The minimum absolute atomic E-state index is 0.203. The lowest BCUT2D eigenvalue weighted by Crippen LogP contribution is -2.18. The van der Waals surface area contributed by atoms with Crippen molar-refractivity contribution in [2.75, 3.05) is 0 Å². The Labute approximate surface area is 135 Å². The summed E-state index contributed by atoms with van der Waals surface area (Å²) in [4.78, 5) is 0. The average molecular weight is 348 g/mol. The van der Waals surface area contributed by atoms with Crippen molar-refractivity contribution < 1.29 is 4.74 Å². The Kier molecular flexibility index (Phi) is 5.83. The molecule has 1 atom stereocenters. The lowest BCUT2D eigenvalue weighted by atomic mass is 10.1. The van der Waals surface area contributed by atoms with Gasteiger partial charge in [0.2, 0.25) is 0 Å². The summed E-state index contributed by atoms with van der Waals surface area (Å²) < 4.78 is 6.84. The monoisotopic (exact) mass is 347 g/mol. The normalized spacial score (nSPS) is 12.4. The summed E-state index contributed by atoms with van der Waals surface area (Å²) in [5, 5.41) is 3.55. The van der Waals surface area contributed by atoms with E-state index in [1.807, 2.05) is 32.0 Å². The standard InChI is InChI=1S/C18H22BrNO/c1-13(2)21-18-9-4-6-15(10-18)12-20-14(3)16-7-5-8-17(19)11-16/h4-11,13-14,20H,12H2,1-3H3/t14-/m1/s1. The molecule has 0 heterocycles. The van der Waals surface area contributed by atoms with Crippen molar-refractivity contribution >= 4 is 15.9 Å². The minimum atomic E-state index is 0.203. The quantitative estimate of drug-likeness (QED) is 0.785. The summed E-state index contributed by atoms with van der Waals surface area (Å²) >= 11 is 3.51. The van der Waals surface area contributed by atoms with Crippen molar-refractivity contribution in [1.29, 1.82) is 0 Å². The van der Waals surface area contributed by atoms with E-state index in [1.165, 1.54) is 11.1 Å². The highest BCUT2D eigenvalue weighted by atomic mass is 79.9. The average Bonchev–Trinajstić information content (AvgIpc) is 2.44. The van der Waals surface area contributed by atoms with Gasteiger partial charge in [-0.2, -0.15) is 0 Å². The zero-order valence-electron chi connectivity index (χ0n) is 12.8. The molecule has 1 N–H and O–H groups in total. The summed E-state index contributed by atoms with van der Waals surface area (Å²) in [7, 11) is 0. The molecule has 2 aromatic rings. The fourth-order valence-corrected chi connectivity index (χ4v) is 2.58. The molecular weight excluding hydrogens is 326 g/mol. The van der Waals surface area contributed by atoms with Crippen LogP contribution in [0.15, 0.2) is 53.0 Å². The molecule has 0 saturated carbocycles. The molecule has 0 fully saturated rings. The van der Waals surface area contributed by atoms with Gasteiger partial charge in [0.15, 0.2) is 0 Å². The van der Waals surface area contributed by atoms with E-state index in [0.717, 1.165) is 16.8 Å². The fraction of sp³-hybridized carbons (Fsp3) is 0.333. The van der Waals surface area contributed by atoms with Crippen LogP contribution < -0.4 is 10.1 Å². The molecule has 0 radical (unpaired) electrons. The third-order valence-corrected chi connectivity index (χ3v) is 3.72. The Hall–Kier alpha value is -1.32. The maximum atomic E-state index is 5.73. The van der Waals surface area contributed by atoms with E-state index in [-0.39, 0.29) is 6.10 Å². The number of halogens is 1. The number of nitrogens with one attached hydrogen (secondary N) is 1. The van der Waals surface area contributed by atoms with Crippen molar-refractivity contribution in [3.63, 3.8) is 0 Å². The van der Waals surface area contributed by atoms with Gasteiger partial charge < -0.3 is 10.1 Å². The summed E-state index contributed by atoms with van der Waals surface area (Å²) in [6.45, 7) is 7.08. The molecule has 0 bridgehead atoms. The smallest absolute Gasteiger partial charge is 0.120 e. The zero-order valence-corrected chi connectivity index (χ0v) is 14.4. The first-order valence-corrected chi connectivity index (χ1v) is 8.08. The third kappa shape index (κ3) is 5.18. The van der Waals surface area contributed by atoms with Crippen molar-refractivity contribution in [2.45, 2.75) is 39.5 Å². The van der Waals surface area contributed by atoms with Crippen molar-refractivity contribution in [1.82, 2.24) is 5.32 Å². The van der Waals surface area contributed by atoms with Gasteiger partial charge in [-0.05, 0) is 56.2 Å². The van der Waals surface area contributed by atoms with Crippen LogP contribution in [0.25, 0.3) is 0 Å². The Morgan fingerprint density at radius 1 is 1.05 bits per heavy atom.